The van der Waals surface area contributed by atoms with E-state index in [9.17, 15) is 9.59 Å². The molecule has 1 saturated heterocycles. The highest BCUT2D eigenvalue weighted by atomic mass is 32.2. The van der Waals surface area contributed by atoms with Crippen molar-refractivity contribution in [1.82, 2.24) is 4.90 Å². The van der Waals surface area contributed by atoms with Crippen LogP contribution in [0.2, 0.25) is 0 Å². The average molecular weight is 288 g/mol. The molecule has 0 bridgehead atoms. The number of nitrogens with zero attached hydrogens (tertiary/aromatic N) is 2. The van der Waals surface area contributed by atoms with Crippen molar-refractivity contribution in [3.05, 3.63) is 0 Å². The zero-order valence-corrected chi connectivity index (χ0v) is 11.8. The minimum atomic E-state index is -0.945. The molecule has 1 amide bonds. The fraction of sp³-hybridized carbons (Fsp3) is 0.727. The monoisotopic (exact) mass is 288 g/mol. The maximum atomic E-state index is 12.0. The van der Waals surface area contributed by atoms with Crippen LogP contribution in [-0.4, -0.2) is 50.6 Å². The minimum Gasteiger partial charge on any atom is -0.480 e. The summed E-state index contributed by atoms with van der Waals surface area (Å²) < 4.78 is 0. The highest BCUT2D eigenvalue weighted by Crippen LogP contribution is 2.32. The Morgan fingerprint density at radius 2 is 2.33 bits per heavy atom. The van der Waals surface area contributed by atoms with Crippen molar-refractivity contribution in [3.63, 3.8) is 0 Å². The van der Waals surface area contributed by atoms with Gasteiger partial charge in [-0.2, -0.15) is 5.26 Å². The number of thioether (sulfide) groups is 2. The molecule has 2 unspecified atom stereocenters. The smallest absolute Gasteiger partial charge is 0.327 e. The van der Waals surface area contributed by atoms with Crippen molar-refractivity contribution in [3.8, 4) is 6.07 Å². The highest BCUT2D eigenvalue weighted by Gasteiger charge is 2.40. The van der Waals surface area contributed by atoms with Crippen LogP contribution in [0.3, 0.4) is 0 Å². The molecule has 0 aliphatic carbocycles. The van der Waals surface area contributed by atoms with Crippen LogP contribution >= 0.6 is 23.5 Å². The van der Waals surface area contributed by atoms with Gasteiger partial charge in [0.15, 0.2) is 0 Å². The molecule has 0 spiro atoms. The maximum Gasteiger partial charge on any atom is 0.327 e. The van der Waals surface area contributed by atoms with E-state index in [4.69, 9.17) is 10.4 Å². The first kappa shape index (κ1) is 15.2. The van der Waals surface area contributed by atoms with Crippen LogP contribution in [-0.2, 0) is 9.59 Å². The van der Waals surface area contributed by atoms with Gasteiger partial charge in [0.2, 0.25) is 5.91 Å². The van der Waals surface area contributed by atoms with E-state index in [2.05, 4.69) is 0 Å². The molecule has 5 nitrogen and oxygen atoms in total. The lowest BCUT2D eigenvalue weighted by molar-refractivity contribution is -0.148. The molecule has 1 aliphatic heterocycles. The molecule has 0 aromatic heterocycles. The summed E-state index contributed by atoms with van der Waals surface area (Å²) in [4.78, 5) is 24.7. The van der Waals surface area contributed by atoms with Crippen LogP contribution in [0.25, 0.3) is 0 Å². The molecule has 0 radical (unpaired) electrons. The van der Waals surface area contributed by atoms with Crippen LogP contribution in [0.15, 0.2) is 0 Å². The standard InChI is InChI=1S/C11H16N2O3S2/c1-2-3-10-13(8(6-18-10)11(15)16)9(14)7-17-5-4-12/h8,10H,2-3,5-7H2,1H3,(H,15,16). The van der Waals surface area contributed by atoms with Gasteiger partial charge in [0.1, 0.15) is 6.04 Å². The van der Waals surface area contributed by atoms with Gasteiger partial charge in [-0.1, -0.05) is 13.3 Å². The summed E-state index contributed by atoms with van der Waals surface area (Å²) >= 11 is 2.76. The van der Waals surface area contributed by atoms with E-state index in [1.165, 1.54) is 28.4 Å². The third-order valence-electron chi connectivity index (χ3n) is 2.59. The Hall–Kier alpha value is -0.870. The quantitative estimate of drug-likeness (QED) is 0.744. The zero-order chi connectivity index (χ0) is 13.5. The van der Waals surface area contributed by atoms with Crippen molar-refractivity contribution < 1.29 is 14.7 Å². The Balaban J connectivity index is 2.67. The van der Waals surface area contributed by atoms with Crippen molar-refractivity contribution in [2.45, 2.75) is 31.2 Å². The maximum absolute atomic E-state index is 12.0. The molecule has 1 rings (SSSR count). The lowest BCUT2D eigenvalue weighted by Gasteiger charge is -2.27. The Labute approximate surface area is 115 Å². The molecule has 1 heterocycles. The Morgan fingerprint density at radius 1 is 1.61 bits per heavy atom. The Kier molecular flexibility index (Phi) is 6.36. The van der Waals surface area contributed by atoms with Gasteiger partial charge in [-0.15, -0.1) is 23.5 Å². The number of amides is 1. The molecular weight excluding hydrogens is 272 g/mol. The third kappa shape index (κ3) is 3.82. The second-order valence-corrected chi connectivity index (χ2v) is 6.08. The summed E-state index contributed by atoms with van der Waals surface area (Å²) in [6.45, 7) is 2.02. The first-order valence-electron chi connectivity index (χ1n) is 5.72. The lowest BCUT2D eigenvalue weighted by Crippen LogP contribution is -2.46. The van der Waals surface area contributed by atoms with Crippen molar-refractivity contribution in [1.29, 1.82) is 5.26 Å². The molecule has 0 saturated carbocycles. The molecule has 0 aromatic rings. The van der Waals surface area contributed by atoms with Gasteiger partial charge in [-0.05, 0) is 6.42 Å². The fourth-order valence-corrected chi connectivity index (χ4v) is 3.87. The van der Waals surface area contributed by atoms with Gasteiger partial charge in [-0.3, -0.25) is 4.79 Å². The minimum absolute atomic E-state index is 0.0358. The number of rotatable bonds is 6. The molecule has 2 atom stereocenters. The summed E-state index contributed by atoms with van der Waals surface area (Å²) in [5, 5.41) is 17.5. The van der Waals surface area contributed by atoms with Gasteiger partial charge in [-0.25, -0.2) is 4.79 Å². The average Bonchev–Trinajstić information content (AvgIpc) is 2.73. The van der Waals surface area contributed by atoms with E-state index in [0.717, 1.165) is 12.8 Å². The van der Waals surface area contributed by atoms with Crippen LogP contribution in [0, 0.1) is 11.3 Å². The summed E-state index contributed by atoms with van der Waals surface area (Å²) in [5.74, 6) is -0.235. The van der Waals surface area contributed by atoms with Crippen molar-refractivity contribution >= 4 is 35.4 Å². The highest BCUT2D eigenvalue weighted by molar-refractivity contribution is 8.00. The van der Waals surface area contributed by atoms with Crippen LogP contribution < -0.4 is 0 Å². The summed E-state index contributed by atoms with van der Waals surface area (Å²) in [6, 6.07) is 1.23. The number of aliphatic carboxylic acids is 1. The molecule has 0 aromatic carbocycles. The second-order valence-electron chi connectivity index (χ2n) is 3.88. The zero-order valence-electron chi connectivity index (χ0n) is 10.2. The van der Waals surface area contributed by atoms with Crippen molar-refractivity contribution in [2.75, 3.05) is 17.3 Å². The van der Waals surface area contributed by atoms with Gasteiger partial charge in [0.25, 0.3) is 0 Å². The second kappa shape index (κ2) is 7.54. The van der Waals surface area contributed by atoms with Gasteiger partial charge < -0.3 is 10.0 Å². The third-order valence-corrected chi connectivity index (χ3v) is 4.73. The number of carboxylic acid groups (broad SMARTS) is 1. The number of carbonyl (C=O) groups excluding carboxylic acids is 1. The van der Waals surface area contributed by atoms with Gasteiger partial charge >= 0.3 is 5.97 Å². The lowest BCUT2D eigenvalue weighted by atomic mass is 10.2. The fourth-order valence-electron chi connectivity index (χ4n) is 1.82. The van der Waals surface area contributed by atoms with E-state index in [-0.39, 0.29) is 22.8 Å². The van der Waals surface area contributed by atoms with Crippen molar-refractivity contribution in [2.24, 2.45) is 0 Å². The largest absolute Gasteiger partial charge is 0.480 e. The topological polar surface area (TPSA) is 81.4 Å². The molecule has 7 heteroatoms. The molecule has 100 valence electrons. The number of nitriles is 1. The molecule has 18 heavy (non-hydrogen) atoms. The van der Waals surface area contributed by atoms with E-state index < -0.39 is 12.0 Å². The first-order chi connectivity index (χ1) is 8.61. The molecule has 1 N–H and O–H groups in total. The summed E-state index contributed by atoms with van der Waals surface area (Å²) in [6.07, 6.45) is 1.72. The normalized spacial score (nSPS) is 22.8. The molecule has 1 aliphatic rings. The van der Waals surface area contributed by atoms with E-state index in [1.54, 1.807) is 0 Å². The SMILES string of the molecule is CCCC1SCC(C(=O)O)N1C(=O)CSCC#N. The van der Waals surface area contributed by atoms with Crippen LogP contribution in [0.1, 0.15) is 19.8 Å². The number of carbonyl (C=O) groups is 2. The number of hydrogen-bond acceptors (Lipinski definition) is 5. The molecular formula is C11H16N2O3S2. The van der Waals surface area contributed by atoms with E-state index in [0.29, 0.717) is 5.75 Å². The predicted molar refractivity (Wildman–Crippen MR) is 72.4 cm³/mol. The van der Waals surface area contributed by atoms with Gasteiger partial charge in [0, 0.05) is 5.75 Å². The molecule has 1 fully saturated rings. The van der Waals surface area contributed by atoms with Crippen LogP contribution in [0.4, 0.5) is 0 Å². The Bertz CT molecular complexity index is 357. The predicted octanol–water partition coefficient (Wildman–Crippen LogP) is 1.40. The van der Waals surface area contributed by atoms with E-state index in [1.807, 2.05) is 13.0 Å². The number of carboxylic acids is 1. The Morgan fingerprint density at radius 3 is 2.89 bits per heavy atom. The van der Waals surface area contributed by atoms with E-state index >= 15 is 0 Å². The summed E-state index contributed by atoms with van der Waals surface area (Å²) in [5.41, 5.74) is 0. The van der Waals surface area contributed by atoms with Crippen LogP contribution in [0.5, 0.6) is 0 Å². The van der Waals surface area contributed by atoms with Gasteiger partial charge in [0.05, 0.1) is 22.9 Å². The first-order valence-corrected chi connectivity index (χ1v) is 7.92. The number of hydrogen-bond donors (Lipinski definition) is 1. The summed E-state index contributed by atoms with van der Waals surface area (Å²) in [7, 11) is 0.